The summed E-state index contributed by atoms with van der Waals surface area (Å²) in [7, 11) is 0. The van der Waals surface area contributed by atoms with Gasteiger partial charge in [0.1, 0.15) is 17.8 Å². The molecule has 2 bridgehead atoms. The number of esters is 2. The summed E-state index contributed by atoms with van der Waals surface area (Å²) in [5, 5.41) is 11.6. The van der Waals surface area contributed by atoms with Crippen molar-refractivity contribution in [3.63, 3.8) is 0 Å². The maximum Gasteiger partial charge on any atom is 0.315 e. The zero-order chi connectivity index (χ0) is 20.5. The minimum absolute atomic E-state index is 0.119. The Morgan fingerprint density at radius 2 is 2.04 bits per heavy atom. The van der Waals surface area contributed by atoms with E-state index >= 15 is 0 Å². The maximum atomic E-state index is 13.2. The second kappa shape index (κ2) is 6.15. The van der Waals surface area contributed by atoms with Gasteiger partial charge in [0, 0.05) is 24.2 Å². The topological polar surface area (TPSA) is 89.9 Å². The number of aliphatic hydroxyl groups is 1. The molecule has 4 aliphatic rings. The van der Waals surface area contributed by atoms with Gasteiger partial charge in [-0.3, -0.25) is 14.4 Å². The van der Waals surface area contributed by atoms with Crippen molar-refractivity contribution >= 4 is 18.2 Å². The van der Waals surface area contributed by atoms with Crippen molar-refractivity contribution in [1.82, 2.24) is 0 Å². The molecule has 4 fully saturated rings. The number of aldehydes is 1. The molecule has 1 saturated heterocycles. The Labute approximate surface area is 165 Å². The van der Waals surface area contributed by atoms with Crippen LogP contribution in [0.2, 0.25) is 0 Å². The highest BCUT2D eigenvalue weighted by atomic mass is 16.6. The number of rotatable bonds is 3. The molecule has 0 aromatic rings. The molecule has 0 unspecified atom stereocenters. The summed E-state index contributed by atoms with van der Waals surface area (Å²) in [6.45, 7) is 9.78. The molecule has 6 nitrogen and oxygen atoms in total. The van der Waals surface area contributed by atoms with Crippen LogP contribution in [0.1, 0.15) is 52.9 Å². The van der Waals surface area contributed by atoms with Gasteiger partial charge in [-0.25, -0.2) is 0 Å². The molecular weight excluding hydrogens is 360 g/mol. The van der Waals surface area contributed by atoms with Gasteiger partial charge < -0.3 is 14.6 Å². The van der Waals surface area contributed by atoms with Crippen molar-refractivity contribution in [2.75, 3.05) is 6.61 Å². The van der Waals surface area contributed by atoms with E-state index in [1.165, 1.54) is 6.92 Å². The fraction of sp³-hybridized carbons (Fsp3) is 0.773. The maximum absolute atomic E-state index is 13.2. The SMILES string of the molecule is C=C(C=O)[C@@H]1C[C@@H](OC(C)=O)[C@H]2[C@]34CCCC(C)(C)[C@H]3[C@H](O)[C@@]2(C1)C(=O)OC4. The van der Waals surface area contributed by atoms with E-state index in [0.717, 1.165) is 19.3 Å². The molecule has 6 heteroatoms. The molecular formula is C22H30O6. The van der Waals surface area contributed by atoms with Crippen LogP contribution < -0.4 is 0 Å². The lowest BCUT2D eigenvalue weighted by atomic mass is 9.51. The molecule has 28 heavy (non-hydrogen) atoms. The zero-order valence-electron chi connectivity index (χ0n) is 16.9. The first-order valence-electron chi connectivity index (χ1n) is 10.3. The molecule has 4 rings (SSSR count). The summed E-state index contributed by atoms with van der Waals surface area (Å²) in [5.41, 5.74) is -1.34. The Bertz CT molecular complexity index is 741. The van der Waals surface area contributed by atoms with Crippen molar-refractivity contribution in [3.05, 3.63) is 12.2 Å². The third-order valence-electron chi connectivity index (χ3n) is 8.26. The molecule has 0 radical (unpaired) electrons. The van der Waals surface area contributed by atoms with Crippen LogP contribution in [0.25, 0.3) is 0 Å². The lowest BCUT2D eigenvalue weighted by Gasteiger charge is -2.56. The second-order valence-corrected chi connectivity index (χ2v) is 10.1. The predicted molar refractivity (Wildman–Crippen MR) is 99.9 cm³/mol. The Hall–Kier alpha value is -1.69. The summed E-state index contributed by atoms with van der Waals surface area (Å²) in [5.74, 6) is -1.56. The molecule has 3 aliphatic carbocycles. The molecule has 1 N–H and O–H groups in total. The third kappa shape index (κ3) is 2.33. The van der Waals surface area contributed by atoms with Crippen molar-refractivity contribution in [2.45, 2.75) is 65.1 Å². The molecule has 3 saturated carbocycles. The van der Waals surface area contributed by atoms with Gasteiger partial charge in [0.15, 0.2) is 0 Å². The smallest absolute Gasteiger partial charge is 0.315 e. The third-order valence-corrected chi connectivity index (χ3v) is 8.26. The van der Waals surface area contributed by atoms with Crippen LogP contribution in [0.4, 0.5) is 0 Å². The molecule has 7 atom stereocenters. The normalized spacial score (nSPS) is 46.0. The van der Waals surface area contributed by atoms with Crippen LogP contribution in [-0.2, 0) is 23.9 Å². The van der Waals surface area contributed by atoms with Gasteiger partial charge >= 0.3 is 11.9 Å². The lowest BCUT2D eigenvalue weighted by Crippen LogP contribution is -2.60. The average Bonchev–Trinajstić information content (AvgIpc) is 2.81. The van der Waals surface area contributed by atoms with E-state index < -0.39 is 35.0 Å². The van der Waals surface area contributed by atoms with Crippen molar-refractivity contribution < 1.29 is 29.0 Å². The number of carbonyl (C=O) groups excluding carboxylic acids is 3. The minimum Gasteiger partial charge on any atom is -0.465 e. The Morgan fingerprint density at radius 1 is 1.32 bits per heavy atom. The average molecular weight is 390 g/mol. The number of ether oxygens (including phenoxy) is 2. The van der Waals surface area contributed by atoms with Gasteiger partial charge in [0.05, 0.1) is 12.7 Å². The van der Waals surface area contributed by atoms with Crippen molar-refractivity contribution in [1.29, 1.82) is 0 Å². The molecule has 1 heterocycles. The van der Waals surface area contributed by atoms with Gasteiger partial charge in [0.25, 0.3) is 0 Å². The van der Waals surface area contributed by atoms with Crippen LogP contribution in [0.15, 0.2) is 12.2 Å². The van der Waals surface area contributed by atoms with Crippen molar-refractivity contribution in [2.24, 2.45) is 34.0 Å². The first-order chi connectivity index (χ1) is 13.1. The summed E-state index contributed by atoms with van der Waals surface area (Å²) in [6.07, 6.45) is 2.86. The highest BCUT2D eigenvalue weighted by Gasteiger charge is 2.79. The number of aliphatic hydroxyl groups excluding tert-OH is 1. The van der Waals surface area contributed by atoms with Crippen LogP contribution in [-0.4, -0.2) is 42.1 Å². The fourth-order valence-electron chi connectivity index (χ4n) is 7.53. The molecule has 154 valence electrons. The number of allylic oxidation sites excluding steroid dienone is 1. The van der Waals surface area contributed by atoms with Gasteiger partial charge in [-0.15, -0.1) is 0 Å². The zero-order valence-corrected chi connectivity index (χ0v) is 16.9. The van der Waals surface area contributed by atoms with Crippen LogP contribution in [0.3, 0.4) is 0 Å². The van der Waals surface area contributed by atoms with E-state index in [1.807, 2.05) is 0 Å². The summed E-state index contributed by atoms with van der Waals surface area (Å²) in [4.78, 5) is 36.6. The number of carbonyl (C=O) groups is 3. The van der Waals surface area contributed by atoms with Gasteiger partial charge in [-0.05, 0) is 42.6 Å². The number of hydrogen-bond donors (Lipinski definition) is 1. The highest BCUT2D eigenvalue weighted by Crippen LogP contribution is 2.73. The number of hydrogen-bond acceptors (Lipinski definition) is 6. The first-order valence-corrected chi connectivity index (χ1v) is 10.3. The van der Waals surface area contributed by atoms with Crippen LogP contribution >= 0.6 is 0 Å². The Balaban J connectivity index is 1.90. The standard InChI is InChI=1S/C22H30O6/c1-12(10-23)14-8-15(28-13(2)24)16-21-7-5-6-20(3,4)17(21)18(25)22(16,9-14)19(26)27-11-21/h10,14-18,25H,1,5-9,11H2,2-4H3/t14-,15-,16+,17-,18+,21-,22+/m1/s1. The Morgan fingerprint density at radius 3 is 2.68 bits per heavy atom. The van der Waals surface area contributed by atoms with E-state index in [-0.39, 0.29) is 29.8 Å². The molecule has 1 spiro atoms. The van der Waals surface area contributed by atoms with E-state index in [4.69, 9.17) is 9.47 Å². The van der Waals surface area contributed by atoms with Crippen molar-refractivity contribution in [3.8, 4) is 0 Å². The quantitative estimate of drug-likeness (QED) is 0.452. The summed E-state index contributed by atoms with van der Waals surface area (Å²) >= 11 is 0. The van der Waals surface area contributed by atoms with Gasteiger partial charge in [-0.1, -0.05) is 26.8 Å². The second-order valence-electron chi connectivity index (χ2n) is 10.1. The monoisotopic (exact) mass is 390 g/mol. The summed E-state index contributed by atoms with van der Waals surface area (Å²) < 4.78 is 11.5. The van der Waals surface area contributed by atoms with Crippen LogP contribution in [0, 0.1) is 34.0 Å². The lowest BCUT2D eigenvalue weighted by molar-refractivity contribution is -0.211. The highest BCUT2D eigenvalue weighted by molar-refractivity contribution is 5.82. The van der Waals surface area contributed by atoms with Gasteiger partial charge in [0.2, 0.25) is 0 Å². The van der Waals surface area contributed by atoms with Gasteiger partial charge in [-0.2, -0.15) is 0 Å². The predicted octanol–water partition coefficient (Wildman–Crippen LogP) is 2.43. The molecule has 0 aromatic heterocycles. The van der Waals surface area contributed by atoms with E-state index in [0.29, 0.717) is 24.7 Å². The number of cyclic esters (lactones) is 1. The molecule has 0 aromatic carbocycles. The van der Waals surface area contributed by atoms with Crippen LogP contribution in [0.5, 0.6) is 0 Å². The summed E-state index contributed by atoms with van der Waals surface area (Å²) in [6, 6.07) is 0. The first kappa shape index (κ1) is 19.6. The van der Waals surface area contributed by atoms with E-state index in [9.17, 15) is 19.5 Å². The molecule has 0 amide bonds. The van der Waals surface area contributed by atoms with E-state index in [1.54, 1.807) is 0 Å². The fourth-order valence-corrected chi connectivity index (χ4v) is 7.53. The molecule has 1 aliphatic heterocycles. The Kier molecular flexibility index (Phi) is 4.31. The van der Waals surface area contributed by atoms with E-state index in [2.05, 4.69) is 20.4 Å². The largest absolute Gasteiger partial charge is 0.465 e. The minimum atomic E-state index is -1.15.